The normalized spacial score (nSPS) is 10.8. The average molecular weight is 345 g/mol. The fourth-order valence-electron chi connectivity index (χ4n) is 2.11. The first-order valence-corrected chi connectivity index (χ1v) is 7.27. The third kappa shape index (κ3) is 2.83. The lowest BCUT2D eigenvalue weighted by Gasteiger charge is -1.99. The first kappa shape index (κ1) is 13.8. The molecule has 1 aromatic heterocycles. The quantitative estimate of drug-likeness (QED) is 0.743. The first-order valence-electron chi connectivity index (χ1n) is 6.47. The number of hydrogen-bond donors (Lipinski definition) is 1. The number of hydrogen-bond acceptors (Lipinski definition) is 3. The van der Waals surface area contributed by atoms with Crippen LogP contribution in [0.3, 0.4) is 0 Å². The Morgan fingerprint density at radius 3 is 2.76 bits per heavy atom. The standard InChI is InChI=1S/C16H13BrN2O2/c1-9-7-11(3-5-13(9)17)16-19-14-8-12(18-10(2)20)4-6-15(14)21-16/h3-8H,1-2H3,(H,18,20). The van der Waals surface area contributed by atoms with Crippen molar-refractivity contribution in [3.63, 3.8) is 0 Å². The second-order valence-electron chi connectivity index (χ2n) is 4.85. The number of rotatable bonds is 2. The number of anilines is 1. The van der Waals surface area contributed by atoms with Crippen LogP contribution in [0.4, 0.5) is 5.69 Å². The van der Waals surface area contributed by atoms with Crippen LogP contribution in [0.15, 0.2) is 45.3 Å². The van der Waals surface area contributed by atoms with Crippen LogP contribution in [0.1, 0.15) is 12.5 Å². The SMILES string of the molecule is CC(=O)Nc1ccc2oc(-c3ccc(Br)c(C)c3)nc2c1. The van der Waals surface area contributed by atoms with E-state index in [1.54, 1.807) is 12.1 Å². The molecule has 0 aliphatic carbocycles. The highest BCUT2D eigenvalue weighted by Gasteiger charge is 2.10. The van der Waals surface area contributed by atoms with Gasteiger partial charge in [-0.25, -0.2) is 4.98 Å². The minimum absolute atomic E-state index is 0.110. The van der Waals surface area contributed by atoms with Crippen molar-refractivity contribution in [2.75, 3.05) is 5.32 Å². The predicted molar refractivity (Wildman–Crippen MR) is 86.2 cm³/mol. The van der Waals surface area contributed by atoms with Crippen LogP contribution < -0.4 is 5.32 Å². The number of fused-ring (bicyclic) bond motifs is 1. The third-order valence-electron chi connectivity index (χ3n) is 3.11. The molecule has 0 aliphatic rings. The molecule has 1 N–H and O–H groups in total. The van der Waals surface area contributed by atoms with E-state index in [-0.39, 0.29) is 5.91 Å². The minimum Gasteiger partial charge on any atom is -0.436 e. The fourth-order valence-corrected chi connectivity index (χ4v) is 2.36. The van der Waals surface area contributed by atoms with Gasteiger partial charge in [-0.1, -0.05) is 15.9 Å². The number of nitrogens with one attached hydrogen (secondary N) is 1. The van der Waals surface area contributed by atoms with Gasteiger partial charge < -0.3 is 9.73 Å². The molecule has 106 valence electrons. The summed E-state index contributed by atoms with van der Waals surface area (Å²) in [6.07, 6.45) is 0. The van der Waals surface area contributed by atoms with Gasteiger partial charge in [-0.05, 0) is 48.9 Å². The molecule has 0 saturated carbocycles. The average Bonchev–Trinajstić information content (AvgIpc) is 2.84. The van der Waals surface area contributed by atoms with Crippen LogP contribution in [0.25, 0.3) is 22.6 Å². The van der Waals surface area contributed by atoms with E-state index < -0.39 is 0 Å². The number of nitrogens with zero attached hydrogens (tertiary/aromatic N) is 1. The molecule has 1 amide bonds. The molecule has 0 bridgehead atoms. The molecular formula is C16H13BrN2O2. The Balaban J connectivity index is 2.04. The fraction of sp³-hybridized carbons (Fsp3) is 0.125. The molecule has 0 radical (unpaired) electrons. The molecule has 0 fully saturated rings. The van der Waals surface area contributed by atoms with E-state index in [0.29, 0.717) is 17.2 Å². The van der Waals surface area contributed by atoms with Crippen molar-refractivity contribution in [3.8, 4) is 11.5 Å². The van der Waals surface area contributed by atoms with Crippen molar-refractivity contribution in [1.82, 2.24) is 4.98 Å². The Morgan fingerprint density at radius 2 is 2.05 bits per heavy atom. The van der Waals surface area contributed by atoms with Crippen LogP contribution >= 0.6 is 15.9 Å². The van der Waals surface area contributed by atoms with Crippen molar-refractivity contribution in [2.24, 2.45) is 0 Å². The number of halogens is 1. The summed E-state index contributed by atoms with van der Waals surface area (Å²) in [7, 11) is 0. The van der Waals surface area contributed by atoms with E-state index in [2.05, 4.69) is 26.2 Å². The zero-order valence-electron chi connectivity index (χ0n) is 11.6. The molecule has 4 nitrogen and oxygen atoms in total. The van der Waals surface area contributed by atoms with Gasteiger partial charge >= 0.3 is 0 Å². The number of aromatic nitrogens is 1. The lowest BCUT2D eigenvalue weighted by molar-refractivity contribution is -0.114. The van der Waals surface area contributed by atoms with Crippen molar-refractivity contribution < 1.29 is 9.21 Å². The zero-order valence-corrected chi connectivity index (χ0v) is 13.2. The molecule has 0 spiro atoms. The van der Waals surface area contributed by atoms with Crippen LogP contribution in [-0.4, -0.2) is 10.9 Å². The molecular weight excluding hydrogens is 332 g/mol. The molecule has 0 unspecified atom stereocenters. The van der Waals surface area contributed by atoms with Gasteiger partial charge in [-0.3, -0.25) is 4.79 Å². The summed E-state index contributed by atoms with van der Waals surface area (Å²) in [5.74, 6) is 0.460. The Hall–Kier alpha value is -2.14. The molecule has 3 aromatic rings. The minimum atomic E-state index is -0.110. The van der Waals surface area contributed by atoms with Gasteiger partial charge in [-0.2, -0.15) is 0 Å². The lowest BCUT2D eigenvalue weighted by atomic mass is 10.1. The second-order valence-corrected chi connectivity index (χ2v) is 5.70. The predicted octanol–water partition coefficient (Wildman–Crippen LogP) is 4.52. The second kappa shape index (κ2) is 5.33. The topological polar surface area (TPSA) is 55.1 Å². The van der Waals surface area contributed by atoms with Gasteiger partial charge in [0.15, 0.2) is 5.58 Å². The van der Waals surface area contributed by atoms with E-state index in [1.165, 1.54) is 6.92 Å². The van der Waals surface area contributed by atoms with Crippen molar-refractivity contribution in [3.05, 3.63) is 46.4 Å². The summed E-state index contributed by atoms with van der Waals surface area (Å²) in [6.45, 7) is 3.49. The summed E-state index contributed by atoms with van der Waals surface area (Å²) in [5.41, 5.74) is 4.17. The molecule has 0 saturated heterocycles. The van der Waals surface area contributed by atoms with Crippen LogP contribution in [0, 0.1) is 6.92 Å². The van der Waals surface area contributed by atoms with Crippen LogP contribution in [0.5, 0.6) is 0 Å². The maximum absolute atomic E-state index is 11.1. The largest absolute Gasteiger partial charge is 0.436 e. The molecule has 2 aromatic carbocycles. The van der Waals surface area contributed by atoms with E-state index in [9.17, 15) is 4.79 Å². The van der Waals surface area contributed by atoms with E-state index in [4.69, 9.17) is 4.42 Å². The summed E-state index contributed by atoms with van der Waals surface area (Å²) >= 11 is 3.48. The first-order chi connectivity index (χ1) is 10.0. The molecule has 5 heteroatoms. The number of benzene rings is 2. The van der Waals surface area contributed by atoms with E-state index >= 15 is 0 Å². The Morgan fingerprint density at radius 1 is 1.24 bits per heavy atom. The zero-order chi connectivity index (χ0) is 15.0. The number of aryl methyl sites for hydroxylation is 1. The van der Waals surface area contributed by atoms with Gasteiger partial charge in [0.05, 0.1) is 0 Å². The van der Waals surface area contributed by atoms with E-state index in [1.807, 2.05) is 31.2 Å². The maximum atomic E-state index is 11.1. The van der Waals surface area contributed by atoms with Crippen LogP contribution in [-0.2, 0) is 4.79 Å². The summed E-state index contributed by atoms with van der Waals surface area (Å²) in [4.78, 5) is 15.6. The highest BCUT2D eigenvalue weighted by molar-refractivity contribution is 9.10. The third-order valence-corrected chi connectivity index (χ3v) is 4.00. The highest BCUT2D eigenvalue weighted by atomic mass is 79.9. The lowest BCUT2D eigenvalue weighted by Crippen LogP contribution is -2.05. The Kier molecular flexibility index (Phi) is 3.51. The molecule has 0 aliphatic heterocycles. The van der Waals surface area contributed by atoms with Crippen molar-refractivity contribution >= 4 is 38.6 Å². The summed E-state index contributed by atoms with van der Waals surface area (Å²) < 4.78 is 6.82. The number of amides is 1. The van der Waals surface area contributed by atoms with Crippen molar-refractivity contribution in [1.29, 1.82) is 0 Å². The van der Waals surface area contributed by atoms with Crippen LogP contribution in [0.2, 0.25) is 0 Å². The molecule has 0 atom stereocenters. The maximum Gasteiger partial charge on any atom is 0.227 e. The van der Waals surface area contributed by atoms with E-state index in [0.717, 1.165) is 21.1 Å². The van der Waals surface area contributed by atoms with Gasteiger partial charge in [0.1, 0.15) is 5.52 Å². The Labute approximate surface area is 130 Å². The monoisotopic (exact) mass is 344 g/mol. The Bertz CT molecular complexity index is 839. The molecule has 3 rings (SSSR count). The molecule has 1 heterocycles. The van der Waals surface area contributed by atoms with Gasteiger partial charge in [0.25, 0.3) is 0 Å². The number of oxazole rings is 1. The summed E-state index contributed by atoms with van der Waals surface area (Å²) in [6, 6.07) is 11.4. The smallest absolute Gasteiger partial charge is 0.227 e. The van der Waals surface area contributed by atoms with Gasteiger partial charge in [0, 0.05) is 22.6 Å². The summed E-state index contributed by atoms with van der Waals surface area (Å²) in [5, 5.41) is 2.74. The van der Waals surface area contributed by atoms with Gasteiger partial charge in [-0.15, -0.1) is 0 Å². The highest BCUT2D eigenvalue weighted by Crippen LogP contribution is 2.28. The number of carbonyl (C=O) groups is 1. The molecule has 21 heavy (non-hydrogen) atoms. The van der Waals surface area contributed by atoms with Gasteiger partial charge in [0.2, 0.25) is 11.8 Å². The van der Waals surface area contributed by atoms with Crippen molar-refractivity contribution in [2.45, 2.75) is 13.8 Å². The number of carbonyl (C=O) groups excluding carboxylic acids is 1.